The summed E-state index contributed by atoms with van der Waals surface area (Å²) in [5.41, 5.74) is 0.706. The Bertz CT molecular complexity index is 309. The van der Waals surface area contributed by atoms with Crippen LogP contribution in [0.1, 0.15) is 53.9 Å². The molecule has 1 nitrogen and oxygen atoms in total. The Morgan fingerprint density at radius 2 is 1.24 bits per heavy atom. The lowest BCUT2D eigenvalue weighted by molar-refractivity contribution is -0.918. The van der Waals surface area contributed by atoms with E-state index in [4.69, 9.17) is 0 Å². The third-order valence-corrected chi connectivity index (χ3v) is 4.20. The van der Waals surface area contributed by atoms with E-state index in [1.807, 2.05) is 18.2 Å². The highest BCUT2D eigenvalue weighted by molar-refractivity contribution is 4.83. The van der Waals surface area contributed by atoms with Crippen LogP contribution in [0.2, 0.25) is 0 Å². The first-order valence-electron chi connectivity index (χ1n) is 8.34. The van der Waals surface area contributed by atoms with Crippen molar-refractivity contribution in [2.75, 3.05) is 26.2 Å². The van der Waals surface area contributed by atoms with Gasteiger partial charge in [0.1, 0.15) is 0 Å². The number of rotatable bonds is 12. The van der Waals surface area contributed by atoms with E-state index in [1.165, 1.54) is 19.3 Å². The standard InChI is InChI=1S/C20H38N/c1-9-13-19(5,6)17-20(7,8)18-21(14-10-2,15-11-3)16-12-4/h10-12H,2-4,9,13-18H2,1,5-8H3/q+1. The van der Waals surface area contributed by atoms with Crippen molar-refractivity contribution in [2.24, 2.45) is 10.8 Å². The fraction of sp³-hybridized carbons (Fsp3) is 0.700. The largest absolute Gasteiger partial charge is 0.313 e. The number of hydrogen-bond donors (Lipinski definition) is 0. The van der Waals surface area contributed by atoms with E-state index < -0.39 is 0 Å². The summed E-state index contributed by atoms with van der Waals surface area (Å²) in [6, 6.07) is 0. The van der Waals surface area contributed by atoms with Gasteiger partial charge < -0.3 is 4.48 Å². The van der Waals surface area contributed by atoms with E-state index in [0.717, 1.165) is 30.7 Å². The summed E-state index contributed by atoms with van der Waals surface area (Å²) in [6.45, 7) is 27.9. The predicted molar refractivity (Wildman–Crippen MR) is 97.4 cm³/mol. The van der Waals surface area contributed by atoms with Crippen LogP contribution in [0.15, 0.2) is 38.0 Å². The molecule has 21 heavy (non-hydrogen) atoms. The van der Waals surface area contributed by atoms with Gasteiger partial charge in [-0.15, -0.1) is 0 Å². The molecule has 0 fully saturated rings. The quantitative estimate of drug-likeness (QED) is 0.324. The van der Waals surface area contributed by atoms with Crippen molar-refractivity contribution in [1.82, 2.24) is 0 Å². The van der Waals surface area contributed by atoms with Crippen LogP contribution < -0.4 is 0 Å². The van der Waals surface area contributed by atoms with E-state index >= 15 is 0 Å². The second kappa shape index (κ2) is 8.58. The van der Waals surface area contributed by atoms with E-state index in [2.05, 4.69) is 54.4 Å². The molecule has 0 aromatic heterocycles. The van der Waals surface area contributed by atoms with Gasteiger partial charge in [-0.3, -0.25) is 0 Å². The predicted octanol–water partition coefficient (Wildman–Crippen LogP) is 5.60. The van der Waals surface area contributed by atoms with Crippen molar-refractivity contribution in [2.45, 2.75) is 53.9 Å². The van der Waals surface area contributed by atoms with Gasteiger partial charge in [0.15, 0.2) is 0 Å². The fourth-order valence-corrected chi connectivity index (χ4v) is 4.26. The van der Waals surface area contributed by atoms with Crippen molar-refractivity contribution in [3.63, 3.8) is 0 Å². The lowest BCUT2D eigenvalue weighted by atomic mass is 9.72. The molecule has 0 bridgehead atoms. The van der Waals surface area contributed by atoms with Crippen molar-refractivity contribution >= 4 is 0 Å². The topological polar surface area (TPSA) is 0 Å². The first-order valence-corrected chi connectivity index (χ1v) is 8.34. The van der Waals surface area contributed by atoms with Crippen LogP contribution in [-0.2, 0) is 0 Å². The summed E-state index contributed by atoms with van der Waals surface area (Å²) in [7, 11) is 0. The fourth-order valence-electron chi connectivity index (χ4n) is 4.26. The molecule has 0 radical (unpaired) electrons. The van der Waals surface area contributed by atoms with Crippen LogP contribution in [-0.4, -0.2) is 30.7 Å². The molecule has 0 aliphatic rings. The minimum atomic E-state index is 0.299. The maximum Gasteiger partial charge on any atom is 0.0976 e. The zero-order valence-electron chi connectivity index (χ0n) is 15.3. The molecule has 1 heteroatoms. The highest BCUT2D eigenvalue weighted by Gasteiger charge is 2.36. The molecule has 122 valence electrons. The molecule has 0 saturated carbocycles. The summed E-state index contributed by atoms with van der Waals surface area (Å²) in [5, 5.41) is 0. The van der Waals surface area contributed by atoms with E-state index in [1.54, 1.807) is 0 Å². The Morgan fingerprint density at radius 3 is 1.57 bits per heavy atom. The van der Waals surface area contributed by atoms with Crippen molar-refractivity contribution < 1.29 is 4.48 Å². The molecule has 0 saturated heterocycles. The molecule has 0 rings (SSSR count). The lowest BCUT2D eigenvalue weighted by Gasteiger charge is -2.44. The Hall–Kier alpha value is -0.820. The van der Waals surface area contributed by atoms with Crippen LogP contribution in [0, 0.1) is 10.8 Å². The van der Waals surface area contributed by atoms with Crippen LogP contribution in [0.5, 0.6) is 0 Å². The zero-order valence-corrected chi connectivity index (χ0v) is 15.3. The molecule has 0 aliphatic carbocycles. The van der Waals surface area contributed by atoms with Gasteiger partial charge in [0.2, 0.25) is 0 Å². The van der Waals surface area contributed by atoms with Gasteiger partial charge in [-0.2, -0.15) is 0 Å². The lowest BCUT2D eigenvalue weighted by Crippen LogP contribution is -2.53. The Labute approximate surface area is 134 Å². The summed E-state index contributed by atoms with van der Waals surface area (Å²) >= 11 is 0. The second-order valence-corrected chi connectivity index (χ2v) is 8.17. The second-order valence-electron chi connectivity index (χ2n) is 8.17. The van der Waals surface area contributed by atoms with Gasteiger partial charge in [0.05, 0.1) is 26.2 Å². The third kappa shape index (κ3) is 7.66. The molecule has 0 amide bonds. The van der Waals surface area contributed by atoms with E-state index in [-0.39, 0.29) is 0 Å². The molecule has 0 atom stereocenters. The minimum absolute atomic E-state index is 0.299. The van der Waals surface area contributed by atoms with Gasteiger partial charge in [-0.25, -0.2) is 0 Å². The summed E-state index contributed by atoms with van der Waals surface area (Å²) in [5.74, 6) is 0. The monoisotopic (exact) mass is 292 g/mol. The summed E-state index contributed by atoms with van der Waals surface area (Å²) in [6.07, 6.45) is 9.93. The molecular weight excluding hydrogens is 254 g/mol. The van der Waals surface area contributed by atoms with E-state index in [9.17, 15) is 0 Å². The smallest absolute Gasteiger partial charge is 0.0976 e. The van der Waals surface area contributed by atoms with Crippen LogP contribution in [0.4, 0.5) is 0 Å². The Balaban J connectivity index is 5.14. The maximum atomic E-state index is 3.96. The number of quaternary nitrogens is 1. The highest BCUT2D eigenvalue weighted by atomic mass is 15.3. The molecule has 0 heterocycles. The first-order chi connectivity index (χ1) is 9.66. The van der Waals surface area contributed by atoms with Crippen molar-refractivity contribution in [3.8, 4) is 0 Å². The van der Waals surface area contributed by atoms with Crippen LogP contribution in [0.25, 0.3) is 0 Å². The zero-order chi connectivity index (χ0) is 16.6. The number of nitrogens with zero attached hydrogens (tertiary/aromatic N) is 1. The SMILES string of the molecule is C=CC[N+](CC=C)(CC=C)CC(C)(C)CC(C)(C)CCC. The Kier molecular flexibility index (Phi) is 8.25. The number of hydrogen-bond acceptors (Lipinski definition) is 0. The Morgan fingerprint density at radius 1 is 0.810 bits per heavy atom. The third-order valence-electron chi connectivity index (χ3n) is 4.20. The molecule has 0 unspecified atom stereocenters. The summed E-state index contributed by atoms with van der Waals surface area (Å²) < 4.78 is 0.992. The van der Waals surface area contributed by atoms with Crippen LogP contribution >= 0.6 is 0 Å². The van der Waals surface area contributed by atoms with Gasteiger partial charge >= 0.3 is 0 Å². The molecular formula is C20H38N+. The van der Waals surface area contributed by atoms with Gasteiger partial charge in [-0.05, 0) is 36.5 Å². The maximum absolute atomic E-state index is 3.96. The average Bonchev–Trinajstić information content (AvgIpc) is 2.26. The first kappa shape index (κ1) is 20.2. The van der Waals surface area contributed by atoms with E-state index in [0.29, 0.717) is 10.8 Å². The minimum Gasteiger partial charge on any atom is -0.313 e. The average molecular weight is 293 g/mol. The summed E-state index contributed by atoms with van der Waals surface area (Å²) in [4.78, 5) is 0. The molecule has 0 aliphatic heterocycles. The highest BCUT2D eigenvalue weighted by Crippen LogP contribution is 2.38. The molecule has 0 aromatic carbocycles. The van der Waals surface area contributed by atoms with Gasteiger partial charge in [0, 0.05) is 5.41 Å². The van der Waals surface area contributed by atoms with Gasteiger partial charge in [0.25, 0.3) is 0 Å². The molecule has 0 N–H and O–H groups in total. The van der Waals surface area contributed by atoms with Crippen molar-refractivity contribution in [3.05, 3.63) is 38.0 Å². The normalized spacial score (nSPS) is 13.0. The molecule has 0 aromatic rings. The van der Waals surface area contributed by atoms with Crippen molar-refractivity contribution in [1.29, 1.82) is 0 Å². The van der Waals surface area contributed by atoms with Gasteiger partial charge in [-0.1, -0.05) is 60.8 Å². The van der Waals surface area contributed by atoms with Crippen LogP contribution in [0.3, 0.4) is 0 Å². The molecule has 0 spiro atoms.